The Morgan fingerprint density at radius 1 is 0.667 bits per heavy atom. The quantitative estimate of drug-likeness (QED) is 0.487. The monoisotopic (exact) mass is 242 g/mol. The summed E-state index contributed by atoms with van der Waals surface area (Å²) in [4.78, 5) is 12.3. The molecule has 0 aliphatic heterocycles. The summed E-state index contributed by atoms with van der Waals surface area (Å²) in [5, 5.41) is 0. The fraction of sp³-hybridized carbons (Fsp3) is 0.235. The summed E-state index contributed by atoms with van der Waals surface area (Å²) in [6.45, 7) is 7.66. The second kappa shape index (κ2) is 10.3. The molecule has 18 heavy (non-hydrogen) atoms. The topological polar surface area (TPSA) is 17.1 Å². The lowest BCUT2D eigenvalue weighted by molar-refractivity contribution is -0.111. The SMILES string of the molecule is C\C=C/C=C(\C=C/C)C(=O)C(/C=C\C)=C/C=C\C. The number of carbonyl (C=O) groups is 1. The molecule has 0 saturated heterocycles. The Balaban J connectivity index is 5.39. The highest BCUT2D eigenvalue weighted by atomic mass is 16.1. The van der Waals surface area contributed by atoms with Crippen molar-refractivity contribution in [2.24, 2.45) is 0 Å². The summed E-state index contributed by atoms with van der Waals surface area (Å²) in [5.74, 6) is 0.0300. The Morgan fingerprint density at radius 2 is 1.06 bits per heavy atom. The van der Waals surface area contributed by atoms with Crippen molar-refractivity contribution < 1.29 is 4.79 Å². The van der Waals surface area contributed by atoms with E-state index in [2.05, 4.69) is 0 Å². The van der Waals surface area contributed by atoms with Gasteiger partial charge in [-0.3, -0.25) is 4.79 Å². The molecule has 0 aliphatic carbocycles. The van der Waals surface area contributed by atoms with Crippen molar-refractivity contribution in [2.45, 2.75) is 27.7 Å². The van der Waals surface area contributed by atoms with E-state index in [1.54, 1.807) is 0 Å². The van der Waals surface area contributed by atoms with Crippen molar-refractivity contribution in [3.05, 3.63) is 71.9 Å². The third-order valence-electron chi connectivity index (χ3n) is 2.15. The molecule has 0 amide bonds. The molecule has 0 atom stereocenters. The van der Waals surface area contributed by atoms with Crippen LogP contribution >= 0.6 is 0 Å². The van der Waals surface area contributed by atoms with Crippen molar-refractivity contribution in [2.75, 3.05) is 0 Å². The lowest BCUT2D eigenvalue weighted by Crippen LogP contribution is -2.03. The lowest BCUT2D eigenvalue weighted by Gasteiger charge is -2.01. The standard InChI is InChI=1S/C17H22O/c1-5-9-13-15(11-7-3)17(18)16(12-8-4)14-10-6-2/h5-14H,1-4H3/b9-5-,10-6-,11-7-,12-8-,15-13+,16-14+. The minimum absolute atomic E-state index is 0.0300. The Morgan fingerprint density at radius 3 is 1.33 bits per heavy atom. The summed E-state index contributed by atoms with van der Waals surface area (Å²) in [7, 11) is 0. The van der Waals surface area contributed by atoms with E-state index >= 15 is 0 Å². The third kappa shape index (κ3) is 6.00. The Labute approximate surface area is 111 Å². The molecule has 0 radical (unpaired) electrons. The van der Waals surface area contributed by atoms with Crippen LogP contribution in [0.25, 0.3) is 0 Å². The molecule has 1 heteroatoms. The zero-order chi connectivity index (χ0) is 13.8. The minimum atomic E-state index is 0.0300. The molecule has 1 nitrogen and oxygen atoms in total. The molecule has 0 fully saturated rings. The molecular formula is C17H22O. The fourth-order valence-electron chi connectivity index (χ4n) is 1.34. The predicted molar refractivity (Wildman–Crippen MR) is 80.4 cm³/mol. The maximum absolute atomic E-state index is 12.3. The molecule has 0 saturated carbocycles. The van der Waals surface area contributed by atoms with E-state index in [1.165, 1.54) is 0 Å². The van der Waals surface area contributed by atoms with Crippen LogP contribution in [0.3, 0.4) is 0 Å². The maximum Gasteiger partial charge on any atom is 0.192 e. The van der Waals surface area contributed by atoms with Crippen LogP contribution < -0.4 is 0 Å². The van der Waals surface area contributed by atoms with E-state index in [4.69, 9.17) is 0 Å². The molecule has 0 spiro atoms. The van der Waals surface area contributed by atoms with Gasteiger partial charge in [0, 0.05) is 11.1 Å². The van der Waals surface area contributed by atoms with Gasteiger partial charge < -0.3 is 0 Å². The summed E-state index contributed by atoms with van der Waals surface area (Å²) >= 11 is 0. The van der Waals surface area contributed by atoms with E-state index in [1.807, 2.05) is 88.5 Å². The number of hydrogen-bond donors (Lipinski definition) is 0. The van der Waals surface area contributed by atoms with Crippen LogP contribution in [0.5, 0.6) is 0 Å². The summed E-state index contributed by atoms with van der Waals surface area (Å²) in [6.07, 6.45) is 18.6. The highest BCUT2D eigenvalue weighted by molar-refractivity contribution is 6.12. The number of carbonyl (C=O) groups excluding carboxylic acids is 1. The molecule has 0 aromatic carbocycles. The van der Waals surface area contributed by atoms with Gasteiger partial charge in [-0.15, -0.1) is 0 Å². The molecule has 0 heterocycles. The third-order valence-corrected chi connectivity index (χ3v) is 2.15. The molecule has 0 aromatic heterocycles. The Kier molecular flexibility index (Phi) is 9.20. The Hall–Kier alpha value is -1.89. The number of hydrogen-bond acceptors (Lipinski definition) is 1. The first-order chi connectivity index (χ1) is 8.71. The van der Waals surface area contributed by atoms with Crippen molar-refractivity contribution in [3.63, 3.8) is 0 Å². The maximum atomic E-state index is 12.3. The van der Waals surface area contributed by atoms with Crippen LogP contribution in [0.2, 0.25) is 0 Å². The fourth-order valence-corrected chi connectivity index (χ4v) is 1.34. The van der Waals surface area contributed by atoms with Gasteiger partial charge >= 0.3 is 0 Å². The number of ketones is 1. The zero-order valence-electron chi connectivity index (χ0n) is 11.7. The van der Waals surface area contributed by atoms with Crippen LogP contribution in [-0.2, 0) is 4.79 Å². The van der Waals surface area contributed by atoms with Crippen molar-refractivity contribution >= 4 is 5.78 Å². The second-order valence-electron chi connectivity index (χ2n) is 3.62. The first kappa shape index (κ1) is 16.1. The first-order valence-corrected chi connectivity index (χ1v) is 6.17. The second-order valence-corrected chi connectivity index (χ2v) is 3.62. The van der Waals surface area contributed by atoms with E-state index in [9.17, 15) is 4.79 Å². The van der Waals surface area contributed by atoms with Crippen molar-refractivity contribution in [1.29, 1.82) is 0 Å². The molecule has 0 unspecified atom stereocenters. The zero-order valence-corrected chi connectivity index (χ0v) is 11.7. The van der Waals surface area contributed by atoms with Crippen LogP contribution in [0, 0.1) is 0 Å². The smallest absolute Gasteiger partial charge is 0.192 e. The van der Waals surface area contributed by atoms with E-state index in [0.29, 0.717) is 11.1 Å². The summed E-state index contributed by atoms with van der Waals surface area (Å²) in [6, 6.07) is 0. The van der Waals surface area contributed by atoms with Gasteiger partial charge in [-0.1, -0.05) is 60.8 Å². The predicted octanol–water partition coefficient (Wildman–Crippen LogP) is 4.71. The van der Waals surface area contributed by atoms with Gasteiger partial charge in [0.15, 0.2) is 5.78 Å². The molecule has 0 rings (SSSR count). The molecular weight excluding hydrogens is 220 g/mol. The average molecular weight is 242 g/mol. The van der Waals surface area contributed by atoms with Crippen LogP contribution in [-0.4, -0.2) is 5.78 Å². The molecule has 96 valence electrons. The van der Waals surface area contributed by atoms with Gasteiger partial charge in [0.25, 0.3) is 0 Å². The van der Waals surface area contributed by atoms with Gasteiger partial charge in [-0.05, 0) is 27.7 Å². The van der Waals surface area contributed by atoms with Crippen molar-refractivity contribution in [1.82, 2.24) is 0 Å². The lowest BCUT2D eigenvalue weighted by atomic mass is 10.0. The van der Waals surface area contributed by atoms with Gasteiger partial charge in [0.05, 0.1) is 0 Å². The summed E-state index contributed by atoms with van der Waals surface area (Å²) in [5.41, 5.74) is 1.37. The molecule has 0 aromatic rings. The van der Waals surface area contributed by atoms with Crippen LogP contribution in [0.4, 0.5) is 0 Å². The number of allylic oxidation sites excluding steroid dienone is 12. The molecule has 0 aliphatic rings. The van der Waals surface area contributed by atoms with Crippen molar-refractivity contribution in [3.8, 4) is 0 Å². The van der Waals surface area contributed by atoms with Gasteiger partial charge in [0.2, 0.25) is 0 Å². The van der Waals surface area contributed by atoms with Gasteiger partial charge in [-0.25, -0.2) is 0 Å². The normalized spacial score (nSPS) is 14.7. The molecule has 0 N–H and O–H groups in total. The highest BCUT2D eigenvalue weighted by Crippen LogP contribution is 2.10. The van der Waals surface area contributed by atoms with Gasteiger partial charge in [0.1, 0.15) is 0 Å². The van der Waals surface area contributed by atoms with E-state index < -0.39 is 0 Å². The highest BCUT2D eigenvalue weighted by Gasteiger charge is 2.08. The van der Waals surface area contributed by atoms with Gasteiger partial charge in [-0.2, -0.15) is 0 Å². The first-order valence-electron chi connectivity index (χ1n) is 6.17. The minimum Gasteiger partial charge on any atom is -0.289 e. The Bertz CT molecular complexity index is 387. The number of rotatable bonds is 6. The summed E-state index contributed by atoms with van der Waals surface area (Å²) < 4.78 is 0. The average Bonchev–Trinajstić information content (AvgIpc) is 2.38. The van der Waals surface area contributed by atoms with Crippen LogP contribution in [0.15, 0.2) is 71.9 Å². The van der Waals surface area contributed by atoms with Crippen LogP contribution in [0.1, 0.15) is 27.7 Å². The number of Topliss-reactive ketones (excluding diaryl/α,β-unsaturated/α-hetero) is 1. The van der Waals surface area contributed by atoms with E-state index in [0.717, 1.165) is 0 Å². The molecule has 0 bridgehead atoms. The van der Waals surface area contributed by atoms with E-state index in [-0.39, 0.29) is 5.78 Å². The largest absolute Gasteiger partial charge is 0.289 e.